The zero-order chi connectivity index (χ0) is 19.1. The van der Waals surface area contributed by atoms with Crippen molar-refractivity contribution in [3.05, 3.63) is 83.4 Å². The first kappa shape index (κ1) is 18.7. The van der Waals surface area contributed by atoms with Crippen molar-refractivity contribution in [2.75, 3.05) is 5.32 Å². The number of ether oxygens (including phenoxy) is 1. The van der Waals surface area contributed by atoms with Crippen molar-refractivity contribution in [3.8, 4) is 0 Å². The quantitative estimate of drug-likeness (QED) is 0.647. The number of rotatable bonds is 7. The lowest BCUT2D eigenvalue weighted by Crippen LogP contribution is -2.13. The molecule has 0 fully saturated rings. The van der Waals surface area contributed by atoms with Gasteiger partial charge in [-0.05, 0) is 36.6 Å². The summed E-state index contributed by atoms with van der Waals surface area (Å²) in [5.74, 6) is 0. The van der Waals surface area contributed by atoms with E-state index in [9.17, 15) is 4.79 Å². The second-order valence-electron chi connectivity index (χ2n) is 6.66. The molecule has 0 unspecified atom stereocenters. The molecule has 27 heavy (non-hydrogen) atoms. The van der Waals surface area contributed by atoms with Crippen LogP contribution >= 0.6 is 0 Å². The summed E-state index contributed by atoms with van der Waals surface area (Å²) in [5, 5.41) is 2.72. The zero-order valence-corrected chi connectivity index (χ0v) is 15.8. The first-order valence-corrected chi connectivity index (χ1v) is 9.21. The summed E-state index contributed by atoms with van der Waals surface area (Å²) in [4.78, 5) is 16.3. The number of amides is 1. The van der Waals surface area contributed by atoms with Gasteiger partial charge in [0.2, 0.25) is 0 Å². The Hall–Kier alpha value is -3.08. The molecule has 3 rings (SSSR count). The summed E-state index contributed by atoms with van der Waals surface area (Å²) >= 11 is 0. The minimum Gasteiger partial charge on any atom is -0.444 e. The highest BCUT2D eigenvalue weighted by Crippen LogP contribution is 2.12. The molecule has 0 saturated carbocycles. The average molecular weight is 363 g/mol. The maximum absolute atomic E-state index is 11.9. The number of aromatic nitrogens is 2. The molecule has 1 amide bonds. The fourth-order valence-corrected chi connectivity index (χ4v) is 2.78. The highest BCUT2D eigenvalue weighted by atomic mass is 16.5. The van der Waals surface area contributed by atoms with E-state index in [1.807, 2.05) is 49.6 Å². The molecule has 1 heterocycles. The Morgan fingerprint density at radius 3 is 2.48 bits per heavy atom. The van der Waals surface area contributed by atoms with Crippen LogP contribution in [0.2, 0.25) is 0 Å². The number of carbonyl (C=O) groups is 1. The molecule has 5 nitrogen and oxygen atoms in total. The van der Waals surface area contributed by atoms with Gasteiger partial charge in [-0.2, -0.15) is 0 Å². The first-order valence-electron chi connectivity index (χ1n) is 9.21. The molecule has 0 bridgehead atoms. The van der Waals surface area contributed by atoms with Crippen molar-refractivity contribution in [2.45, 2.75) is 39.8 Å². The van der Waals surface area contributed by atoms with Crippen LogP contribution in [0.1, 0.15) is 35.7 Å². The van der Waals surface area contributed by atoms with Crippen LogP contribution in [0, 0.1) is 6.92 Å². The number of anilines is 1. The number of imidazole rings is 1. The summed E-state index contributed by atoms with van der Waals surface area (Å²) < 4.78 is 7.40. The Morgan fingerprint density at radius 1 is 1.07 bits per heavy atom. The topological polar surface area (TPSA) is 56.2 Å². The van der Waals surface area contributed by atoms with Crippen molar-refractivity contribution >= 4 is 11.8 Å². The molecule has 5 heteroatoms. The average Bonchev–Trinajstić information content (AvgIpc) is 3.10. The van der Waals surface area contributed by atoms with Crippen LogP contribution in [-0.4, -0.2) is 15.6 Å². The molecular weight excluding hydrogens is 338 g/mol. The van der Waals surface area contributed by atoms with Crippen molar-refractivity contribution in [2.24, 2.45) is 0 Å². The van der Waals surface area contributed by atoms with Crippen molar-refractivity contribution in [3.63, 3.8) is 0 Å². The lowest BCUT2D eigenvalue weighted by molar-refractivity contribution is 0.155. The van der Waals surface area contributed by atoms with E-state index in [1.165, 1.54) is 5.56 Å². The van der Waals surface area contributed by atoms with Gasteiger partial charge in [0.15, 0.2) is 0 Å². The fourth-order valence-electron chi connectivity index (χ4n) is 2.78. The molecule has 140 valence electrons. The Labute approximate surface area is 160 Å². The minimum atomic E-state index is -0.454. The number of carbonyl (C=O) groups excluding carboxylic acids is 1. The maximum Gasteiger partial charge on any atom is 0.411 e. The monoisotopic (exact) mass is 363 g/mol. The molecule has 0 saturated heterocycles. The number of nitrogens with zero attached hydrogens (tertiary/aromatic N) is 2. The predicted molar refractivity (Wildman–Crippen MR) is 107 cm³/mol. The molecule has 0 radical (unpaired) electrons. The van der Waals surface area contributed by atoms with Crippen LogP contribution in [0.3, 0.4) is 0 Å². The molecular formula is C22H25N3O2. The van der Waals surface area contributed by atoms with Crippen LogP contribution in [0.5, 0.6) is 0 Å². The van der Waals surface area contributed by atoms with E-state index in [2.05, 4.69) is 40.1 Å². The Balaban J connectivity index is 1.48. The van der Waals surface area contributed by atoms with E-state index < -0.39 is 6.09 Å². The van der Waals surface area contributed by atoms with E-state index >= 15 is 0 Å². The van der Waals surface area contributed by atoms with Gasteiger partial charge in [0.1, 0.15) is 6.61 Å². The summed E-state index contributed by atoms with van der Waals surface area (Å²) in [6, 6.07) is 15.7. The summed E-state index contributed by atoms with van der Waals surface area (Å²) in [7, 11) is 0. The van der Waals surface area contributed by atoms with E-state index in [4.69, 9.17) is 4.74 Å². The Kier molecular flexibility index (Phi) is 6.26. The van der Waals surface area contributed by atoms with Gasteiger partial charge in [-0.15, -0.1) is 0 Å². The third kappa shape index (κ3) is 5.71. The van der Waals surface area contributed by atoms with Crippen LogP contribution in [-0.2, 0) is 24.3 Å². The van der Waals surface area contributed by atoms with E-state index in [0.717, 1.165) is 41.9 Å². The Morgan fingerprint density at radius 2 is 1.78 bits per heavy atom. The molecule has 1 N–H and O–H groups in total. The largest absolute Gasteiger partial charge is 0.444 e. The number of benzene rings is 2. The number of hydrogen-bond donors (Lipinski definition) is 1. The van der Waals surface area contributed by atoms with Gasteiger partial charge in [0, 0.05) is 24.8 Å². The van der Waals surface area contributed by atoms with E-state index in [0.29, 0.717) is 0 Å². The van der Waals surface area contributed by atoms with Gasteiger partial charge in [0.25, 0.3) is 0 Å². The van der Waals surface area contributed by atoms with E-state index in [1.54, 1.807) is 0 Å². The standard InChI is InChI=1S/C22H25N3O2/c1-3-12-25-14-21(23-16-25)13-18-6-8-19(9-7-18)15-27-22(26)24-20-10-4-17(2)5-11-20/h4-11,14,16H,3,12-13,15H2,1-2H3,(H,24,26). The smallest absolute Gasteiger partial charge is 0.411 e. The molecule has 3 aromatic rings. The molecule has 0 aliphatic heterocycles. The van der Waals surface area contributed by atoms with Gasteiger partial charge in [-0.3, -0.25) is 5.32 Å². The van der Waals surface area contributed by atoms with Crippen molar-refractivity contribution in [1.29, 1.82) is 0 Å². The van der Waals surface area contributed by atoms with E-state index in [-0.39, 0.29) is 6.61 Å². The third-order valence-electron chi connectivity index (χ3n) is 4.24. The fraction of sp³-hybridized carbons (Fsp3) is 0.273. The van der Waals surface area contributed by atoms with Crippen LogP contribution in [0.15, 0.2) is 61.1 Å². The summed E-state index contributed by atoms with van der Waals surface area (Å²) in [6.45, 7) is 5.39. The van der Waals surface area contributed by atoms with Crippen LogP contribution in [0.25, 0.3) is 0 Å². The second-order valence-corrected chi connectivity index (χ2v) is 6.66. The molecule has 0 aliphatic carbocycles. The maximum atomic E-state index is 11.9. The van der Waals surface area contributed by atoms with Crippen LogP contribution < -0.4 is 5.32 Å². The molecule has 1 aromatic heterocycles. The molecule has 2 aromatic carbocycles. The number of aryl methyl sites for hydroxylation is 2. The zero-order valence-electron chi connectivity index (χ0n) is 15.8. The lowest BCUT2D eigenvalue weighted by Gasteiger charge is -2.08. The van der Waals surface area contributed by atoms with Gasteiger partial charge in [-0.25, -0.2) is 9.78 Å². The normalized spacial score (nSPS) is 10.6. The molecule has 0 aliphatic rings. The Bertz CT molecular complexity index is 867. The van der Waals surface area contributed by atoms with Crippen molar-refractivity contribution < 1.29 is 9.53 Å². The molecule has 0 spiro atoms. The van der Waals surface area contributed by atoms with Gasteiger partial charge < -0.3 is 9.30 Å². The van der Waals surface area contributed by atoms with Crippen LogP contribution in [0.4, 0.5) is 10.5 Å². The van der Waals surface area contributed by atoms with Gasteiger partial charge in [-0.1, -0.05) is 48.9 Å². The SMILES string of the molecule is CCCn1cnc(Cc2ccc(COC(=O)Nc3ccc(C)cc3)cc2)c1. The highest BCUT2D eigenvalue weighted by molar-refractivity contribution is 5.84. The molecule has 0 atom stereocenters. The predicted octanol–water partition coefficient (Wildman–Crippen LogP) is 4.94. The van der Waals surface area contributed by atoms with Gasteiger partial charge in [0.05, 0.1) is 12.0 Å². The first-order chi connectivity index (χ1) is 13.1. The number of nitrogens with one attached hydrogen (secondary N) is 1. The summed E-state index contributed by atoms with van der Waals surface area (Å²) in [5.41, 5.74) is 5.07. The van der Waals surface area contributed by atoms with Crippen molar-refractivity contribution in [1.82, 2.24) is 9.55 Å². The lowest BCUT2D eigenvalue weighted by atomic mass is 10.1. The number of hydrogen-bond acceptors (Lipinski definition) is 3. The third-order valence-corrected chi connectivity index (χ3v) is 4.24. The highest BCUT2D eigenvalue weighted by Gasteiger charge is 2.05. The van der Waals surface area contributed by atoms with Gasteiger partial charge >= 0.3 is 6.09 Å². The minimum absolute atomic E-state index is 0.239. The summed E-state index contributed by atoms with van der Waals surface area (Å²) in [6.07, 6.45) is 5.42. The second kappa shape index (κ2) is 9.03.